The van der Waals surface area contributed by atoms with Crippen molar-refractivity contribution in [1.82, 2.24) is 9.97 Å². The Bertz CT molecular complexity index is 803. The first-order valence-corrected chi connectivity index (χ1v) is 6.95. The lowest BCUT2D eigenvalue weighted by Gasteiger charge is -2.27. The van der Waals surface area contributed by atoms with E-state index in [9.17, 15) is 8.78 Å². The SMILES string of the molecule is CC(c1ccc(F)cc1)N(C)c1ncnc2ccc(F)cc12. The first-order valence-electron chi connectivity index (χ1n) is 6.95. The van der Waals surface area contributed by atoms with Crippen LogP contribution in [-0.2, 0) is 0 Å². The van der Waals surface area contributed by atoms with E-state index < -0.39 is 0 Å². The van der Waals surface area contributed by atoms with Crippen molar-refractivity contribution in [2.24, 2.45) is 0 Å². The second-order valence-corrected chi connectivity index (χ2v) is 5.20. The van der Waals surface area contributed by atoms with Crippen LogP contribution in [0.3, 0.4) is 0 Å². The maximum atomic E-state index is 13.5. The Labute approximate surface area is 127 Å². The largest absolute Gasteiger partial charge is 0.352 e. The van der Waals surface area contributed by atoms with Crippen LogP contribution >= 0.6 is 0 Å². The van der Waals surface area contributed by atoms with Gasteiger partial charge in [0, 0.05) is 12.4 Å². The molecule has 0 radical (unpaired) electrons. The molecule has 0 saturated heterocycles. The summed E-state index contributed by atoms with van der Waals surface area (Å²) in [6, 6.07) is 10.7. The first-order chi connectivity index (χ1) is 10.6. The van der Waals surface area contributed by atoms with Crippen molar-refractivity contribution in [3.05, 3.63) is 66.0 Å². The van der Waals surface area contributed by atoms with Crippen molar-refractivity contribution in [3.8, 4) is 0 Å². The van der Waals surface area contributed by atoms with Crippen LogP contribution in [0.25, 0.3) is 10.9 Å². The molecule has 1 atom stereocenters. The van der Waals surface area contributed by atoms with Gasteiger partial charge in [-0.2, -0.15) is 0 Å². The Balaban J connectivity index is 2.02. The van der Waals surface area contributed by atoms with Crippen LogP contribution in [0.5, 0.6) is 0 Å². The zero-order chi connectivity index (χ0) is 15.7. The molecule has 5 heteroatoms. The minimum Gasteiger partial charge on any atom is -0.352 e. The van der Waals surface area contributed by atoms with Crippen LogP contribution in [0.4, 0.5) is 14.6 Å². The van der Waals surface area contributed by atoms with Crippen LogP contribution in [0.15, 0.2) is 48.8 Å². The van der Waals surface area contributed by atoms with E-state index in [4.69, 9.17) is 0 Å². The van der Waals surface area contributed by atoms with Crippen LogP contribution in [0.2, 0.25) is 0 Å². The molecule has 1 aromatic heterocycles. The second-order valence-electron chi connectivity index (χ2n) is 5.20. The molecule has 1 unspecified atom stereocenters. The number of anilines is 1. The number of benzene rings is 2. The molecule has 0 aliphatic heterocycles. The summed E-state index contributed by atoms with van der Waals surface area (Å²) in [5, 5.41) is 0.652. The quantitative estimate of drug-likeness (QED) is 0.729. The normalized spacial score (nSPS) is 12.4. The van der Waals surface area contributed by atoms with Gasteiger partial charge in [-0.3, -0.25) is 0 Å². The van der Waals surface area contributed by atoms with E-state index in [1.807, 2.05) is 18.9 Å². The van der Waals surface area contributed by atoms with Gasteiger partial charge in [0.15, 0.2) is 0 Å². The molecule has 112 valence electrons. The molecule has 3 nitrogen and oxygen atoms in total. The minimum absolute atomic E-state index is 0.0398. The highest BCUT2D eigenvalue weighted by molar-refractivity contribution is 5.89. The van der Waals surface area contributed by atoms with Gasteiger partial charge in [-0.05, 0) is 42.8 Å². The molecule has 0 aliphatic carbocycles. The molecule has 0 aliphatic rings. The smallest absolute Gasteiger partial charge is 0.140 e. The summed E-state index contributed by atoms with van der Waals surface area (Å²) >= 11 is 0. The van der Waals surface area contributed by atoms with E-state index in [2.05, 4.69) is 9.97 Å². The molecule has 3 aromatic rings. The fraction of sp³-hybridized carbons (Fsp3) is 0.176. The van der Waals surface area contributed by atoms with Crippen molar-refractivity contribution in [2.75, 3.05) is 11.9 Å². The Morgan fingerprint density at radius 2 is 1.64 bits per heavy atom. The van der Waals surface area contributed by atoms with Gasteiger partial charge in [-0.1, -0.05) is 12.1 Å². The molecule has 0 saturated carbocycles. The highest BCUT2D eigenvalue weighted by Crippen LogP contribution is 2.29. The summed E-state index contributed by atoms with van der Waals surface area (Å²) in [7, 11) is 1.88. The lowest BCUT2D eigenvalue weighted by atomic mass is 10.1. The third kappa shape index (κ3) is 2.62. The Hall–Kier alpha value is -2.56. The standard InChI is InChI=1S/C17H15F2N3/c1-11(12-3-5-13(18)6-4-12)22(2)17-15-9-14(19)7-8-16(15)20-10-21-17/h3-11H,1-2H3. The van der Waals surface area contributed by atoms with E-state index in [0.29, 0.717) is 16.7 Å². The summed E-state index contributed by atoms with van der Waals surface area (Å²) in [6.45, 7) is 1.99. The molecule has 0 N–H and O–H groups in total. The topological polar surface area (TPSA) is 29.0 Å². The van der Waals surface area contributed by atoms with Gasteiger partial charge < -0.3 is 4.90 Å². The highest BCUT2D eigenvalue weighted by atomic mass is 19.1. The molecule has 0 fully saturated rings. The van der Waals surface area contributed by atoms with E-state index in [0.717, 1.165) is 5.56 Å². The van der Waals surface area contributed by atoms with E-state index in [-0.39, 0.29) is 17.7 Å². The maximum Gasteiger partial charge on any atom is 0.140 e. The van der Waals surface area contributed by atoms with Crippen molar-refractivity contribution >= 4 is 16.7 Å². The average molecular weight is 299 g/mol. The summed E-state index contributed by atoms with van der Waals surface area (Å²) in [6.07, 6.45) is 1.46. The lowest BCUT2D eigenvalue weighted by Crippen LogP contribution is -2.23. The molecule has 22 heavy (non-hydrogen) atoms. The average Bonchev–Trinajstić information content (AvgIpc) is 2.53. The molecule has 0 amide bonds. The number of aromatic nitrogens is 2. The number of halogens is 2. The number of fused-ring (bicyclic) bond motifs is 1. The second kappa shape index (κ2) is 5.67. The van der Waals surface area contributed by atoms with Gasteiger partial charge in [0.25, 0.3) is 0 Å². The minimum atomic E-state index is -0.327. The van der Waals surface area contributed by atoms with Crippen molar-refractivity contribution in [2.45, 2.75) is 13.0 Å². The molecule has 0 bridgehead atoms. The predicted octanol–water partition coefficient (Wildman–Crippen LogP) is 4.11. The fourth-order valence-electron chi connectivity index (χ4n) is 2.44. The number of hydrogen-bond acceptors (Lipinski definition) is 3. The van der Waals surface area contributed by atoms with Crippen LogP contribution < -0.4 is 4.90 Å². The van der Waals surface area contributed by atoms with Crippen molar-refractivity contribution < 1.29 is 8.78 Å². The van der Waals surface area contributed by atoms with Crippen LogP contribution in [0, 0.1) is 11.6 Å². The van der Waals surface area contributed by atoms with Gasteiger partial charge in [-0.15, -0.1) is 0 Å². The summed E-state index contributed by atoms with van der Waals surface area (Å²) in [5.74, 6) is 0.0425. The van der Waals surface area contributed by atoms with Gasteiger partial charge in [0.2, 0.25) is 0 Å². The molecule has 3 rings (SSSR count). The van der Waals surface area contributed by atoms with Gasteiger partial charge in [0.05, 0.1) is 11.6 Å². The van der Waals surface area contributed by atoms with E-state index in [1.54, 1.807) is 18.2 Å². The zero-order valence-corrected chi connectivity index (χ0v) is 12.3. The van der Waals surface area contributed by atoms with Crippen LogP contribution in [-0.4, -0.2) is 17.0 Å². The third-order valence-corrected chi connectivity index (χ3v) is 3.84. The lowest BCUT2D eigenvalue weighted by molar-refractivity contribution is 0.624. The molecular weight excluding hydrogens is 284 g/mol. The van der Waals surface area contributed by atoms with Gasteiger partial charge in [-0.25, -0.2) is 18.7 Å². The Morgan fingerprint density at radius 1 is 0.955 bits per heavy atom. The summed E-state index contributed by atoms with van der Waals surface area (Å²) < 4.78 is 26.6. The first kappa shape index (κ1) is 14.4. The van der Waals surface area contributed by atoms with E-state index in [1.165, 1.54) is 30.6 Å². The molecule has 2 aromatic carbocycles. The third-order valence-electron chi connectivity index (χ3n) is 3.84. The summed E-state index contributed by atoms with van der Waals surface area (Å²) in [5.41, 5.74) is 1.64. The Morgan fingerprint density at radius 3 is 2.36 bits per heavy atom. The monoisotopic (exact) mass is 299 g/mol. The van der Waals surface area contributed by atoms with Crippen LogP contribution in [0.1, 0.15) is 18.5 Å². The Kier molecular flexibility index (Phi) is 3.71. The van der Waals surface area contributed by atoms with Gasteiger partial charge >= 0.3 is 0 Å². The molecule has 1 heterocycles. The predicted molar refractivity (Wildman–Crippen MR) is 82.7 cm³/mol. The number of hydrogen-bond donors (Lipinski definition) is 0. The number of nitrogens with zero attached hydrogens (tertiary/aromatic N) is 3. The zero-order valence-electron chi connectivity index (χ0n) is 12.3. The van der Waals surface area contributed by atoms with Gasteiger partial charge in [0.1, 0.15) is 23.8 Å². The fourth-order valence-corrected chi connectivity index (χ4v) is 2.44. The number of rotatable bonds is 3. The maximum absolute atomic E-state index is 13.5. The summed E-state index contributed by atoms with van der Waals surface area (Å²) in [4.78, 5) is 10.4. The highest BCUT2D eigenvalue weighted by Gasteiger charge is 2.16. The van der Waals surface area contributed by atoms with Crippen molar-refractivity contribution in [1.29, 1.82) is 0 Å². The molecule has 0 spiro atoms. The van der Waals surface area contributed by atoms with Crippen molar-refractivity contribution in [3.63, 3.8) is 0 Å². The molecular formula is C17H15F2N3. The van der Waals surface area contributed by atoms with E-state index >= 15 is 0 Å².